The summed E-state index contributed by atoms with van der Waals surface area (Å²) >= 11 is 13.3. The number of nitro groups is 1. The summed E-state index contributed by atoms with van der Waals surface area (Å²) in [5, 5.41) is 26.1. The third-order valence-electron chi connectivity index (χ3n) is 3.59. The molecule has 0 spiro atoms. The van der Waals surface area contributed by atoms with E-state index >= 15 is 0 Å². The number of halogens is 3. The predicted octanol–water partition coefficient (Wildman–Crippen LogP) is 6.14. The highest BCUT2D eigenvalue weighted by Crippen LogP contribution is 2.32. The van der Waals surface area contributed by atoms with E-state index in [0.717, 1.165) is 12.1 Å². The summed E-state index contributed by atoms with van der Waals surface area (Å²) in [4.78, 5) is 14.4. The Hall–Kier alpha value is -2.99. The van der Waals surface area contributed by atoms with Crippen molar-refractivity contribution in [1.82, 2.24) is 4.98 Å². The molecule has 6 nitrogen and oxygen atoms in total. The van der Waals surface area contributed by atoms with Gasteiger partial charge in [0.1, 0.15) is 16.6 Å². The molecule has 0 amide bonds. The second kappa shape index (κ2) is 8.35. The Morgan fingerprint density at radius 3 is 2.79 bits per heavy atom. The van der Waals surface area contributed by atoms with Crippen LogP contribution in [-0.2, 0) is 0 Å². The molecule has 0 aliphatic carbocycles. The Morgan fingerprint density at radius 1 is 1.32 bits per heavy atom. The highest BCUT2D eigenvalue weighted by molar-refractivity contribution is 7.11. The lowest BCUT2D eigenvalue weighted by atomic mass is 10.2. The SMILES string of the molecule is N#C/C(=C\Nc1ccc(F)c([N+](=O)[O-])c1)c1nc(-c2ccc(Cl)cc2Cl)cs1. The van der Waals surface area contributed by atoms with E-state index in [4.69, 9.17) is 23.2 Å². The number of nitrogens with zero attached hydrogens (tertiary/aromatic N) is 3. The minimum Gasteiger partial charge on any atom is -0.360 e. The molecule has 0 aliphatic heterocycles. The monoisotopic (exact) mass is 434 g/mol. The minimum atomic E-state index is -0.940. The summed E-state index contributed by atoms with van der Waals surface area (Å²) in [6, 6.07) is 10.4. The standard InChI is InChI=1S/C18H9Cl2FN4O2S/c19-11-1-3-13(14(20)5-11)16-9-28-18(24-16)10(7-22)8-23-12-2-4-15(21)17(6-12)25(26)27/h1-6,8-9,23H/b10-8+. The van der Waals surface area contributed by atoms with Crippen molar-refractivity contribution in [1.29, 1.82) is 5.26 Å². The fraction of sp³-hybridized carbons (Fsp3) is 0. The summed E-state index contributed by atoms with van der Waals surface area (Å²) in [6.45, 7) is 0. The third-order valence-corrected chi connectivity index (χ3v) is 5.01. The van der Waals surface area contributed by atoms with Gasteiger partial charge >= 0.3 is 5.69 Å². The number of nitriles is 1. The second-order valence-corrected chi connectivity index (χ2v) is 7.10. The van der Waals surface area contributed by atoms with E-state index < -0.39 is 16.4 Å². The number of rotatable bonds is 5. The number of nitro benzene ring substituents is 1. The van der Waals surface area contributed by atoms with Crippen molar-refractivity contribution in [2.75, 3.05) is 5.32 Å². The highest BCUT2D eigenvalue weighted by Gasteiger charge is 2.15. The van der Waals surface area contributed by atoms with Gasteiger partial charge in [-0.3, -0.25) is 10.1 Å². The van der Waals surface area contributed by atoms with Gasteiger partial charge in [0.15, 0.2) is 0 Å². The van der Waals surface area contributed by atoms with Crippen molar-refractivity contribution in [3.8, 4) is 17.3 Å². The number of thiazole rings is 1. The van der Waals surface area contributed by atoms with Crippen LogP contribution in [0.25, 0.3) is 16.8 Å². The maximum atomic E-state index is 13.4. The molecule has 0 fully saturated rings. The molecule has 0 radical (unpaired) electrons. The van der Waals surface area contributed by atoms with Crippen molar-refractivity contribution in [3.63, 3.8) is 0 Å². The average Bonchev–Trinajstić information content (AvgIpc) is 3.13. The Labute approximate surface area is 172 Å². The van der Waals surface area contributed by atoms with Crippen LogP contribution in [0.1, 0.15) is 5.01 Å². The molecule has 28 heavy (non-hydrogen) atoms. The maximum Gasteiger partial charge on any atom is 0.306 e. The van der Waals surface area contributed by atoms with E-state index in [1.54, 1.807) is 23.6 Å². The number of nitrogens with one attached hydrogen (secondary N) is 1. The number of anilines is 1. The average molecular weight is 435 g/mol. The maximum absolute atomic E-state index is 13.4. The number of hydrogen-bond acceptors (Lipinski definition) is 6. The molecule has 0 atom stereocenters. The second-order valence-electron chi connectivity index (χ2n) is 5.40. The molecule has 3 rings (SSSR count). The molecule has 0 unspecified atom stereocenters. The number of benzene rings is 2. The van der Waals surface area contributed by atoms with E-state index in [1.165, 1.54) is 23.6 Å². The van der Waals surface area contributed by atoms with Gasteiger partial charge in [0, 0.05) is 33.9 Å². The molecule has 10 heteroatoms. The van der Waals surface area contributed by atoms with Gasteiger partial charge in [0.05, 0.1) is 15.6 Å². The van der Waals surface area contributed by atoms with Gasteiger partial charge in [-0.15, -0.1) is 11.3 Å². The molecule has 140 valence electrons. The summed E-state index contributed by atoms with van der Waals surface area (Å²) in [6.07, 6.45) is 1.35. The number of hydrogen-bond donors (Lipinski definition) is 1. The third kappa shape index (κ3) is 4.28. The van der Waals surface area contributed by atoms with Gasteiger partial charge < -0.3 is 5.32 Å². The summed E-state index contributed by atoms with van der Waals surface area (Å²) < 4.78 is 13.4. The molecule has 0 aliphatic rings. The smallest absolute Gasteiger partial charge is 0.306 e. The van der Waals surface area contributed by atoms with Gasteiger partial charge in [-0.2, -0.15) is 9.65 Å². The summed E-state index contributed by atoms with van der Waals surface area (Å²) in [5.41, 5.74) is 1.06. The first kappa shape index (κ1) is 19.8. The first-order valence-electron chi connectivity index (χ1n) is 7.61. The van der Waals surface area contributed by atoms with Crippen LogP contribution in [-0.4, -0.2) is 9.91 Å². The lowest BCUT2D eigenvalue weighted by Gasteiger charge is -2.02. The van der Waals surface area contributed by atoms with Gasteiger partial charge in [-0.1, -0.05) is 23.2 Å². The lowest BCUT2D eigenvalue weighted by Crippen LogP contribution is -1.96. The lowest BCUT2D eigenvalue weighted by molar-refractivity contribution is -0.387. The molecule has 2 aromatic carbocycles. The van der Waals surface area contributed by atoms with Crippen molar-refractivity contribution >= 4 is 51.5 Å². The zero-order valence-electron chi connectivity index (χ0n) is 13.8. The molecule has 0 saturated carbocycles. The summed E-state index contributed by atoms with van der Waals surface area (Å²) in [7, 11) is 0. The zero-order valence-corrected chi connectivity index (χ0v) is 16.1. The summed E-state index contributed by atoms with van der Waals surface area (Å²) in [5.74, 6) is -0.940. The quantitative estimate of drug-likeness (QED) is 0.295. The van der Waals surface area contributed by atoms with E-state index in [2.05, 4.69) is 10.3 Å². The normalized spacial score (nSPS) is 11.1. The number of aromatic nitrogens is 1. The largest absolute Gasteiger partial charge is 0.360 e. The van der Waals surface area contributed by atoms with Crippen molar-refractivity contribution in [2.45, 2.75) is 0 Å². The zero-order chi connectivity index (χ0) is 20.3. The first-order valence-corrected chi connectivity index (χ1v) is 9.24. The van der Waals surface area contributed by atoms with Crippen LogP contribution in [0.15, 0.2) is 48.0 Å². The molecule has 1 heterocycles. The van der Waals surface area contributed by atoms with Crippen molar-refractivity contribution in [3.05, 3.63) is 79.0 Å². The predicted molar refractivity (Wildman–Crippen MR) is 108 cm³/mol. The Balaban J connectivity index is 1.86. The van der Waals surface area contributed by atoms with Gasteiger partial charge in [0.2, 0.25) is 5.82 Å². The van der Waals surface area contributed by atoms with E-state index in [0.29, 0.717) is 26.3 Å². The van der Waals surface area contributed by atoms with Crippen molar-refractivity contribution in [2.24, 2.45) is 0 Å². The number of allylic oxidation sites excluding steroid dienone is 1. The highest BCUT2D eigenvalue weighted by atomic mass is 35.5. The molecule has 1 N–H and O–H groups in total. The fourth-order valence-corrected chi connectivity index (χ4v) is 3.55. The molecule has 1 aromatic heterocycles. The topological polar surface area (TPSA) is 91.8 Å². The molecule has 0 bridgehead atoms. The fourth-order valence-electron chi connectivity index (χ4n) is 2.26. The van der Waals surface area contributed by atoms with E-state index in [1.807, 2.05) is 6.07 Å². The molecular weight excluding hydrogens is 426 g/mol. The van der Waals surface area contributed by atoms with Crippen LogP contribution in [0, 0.1) is 27.3 Å². The Bertz CT molecular complexity index is 1140. The first-order chi connectivity index (χ1) is 13.4. The van der Waals surface area contributed by atoms with Crippen LogP contribution in [0.5, 0.6) is 0 Å². The van der Waals surface area contributed by atoms with Gasteiger partial charge in [-0.25, -0.2) is 4.98 Å². The van der Waals surface area contributed by atoms with Crippen molar-refractivity contribution < 1.29 is 9.31 Å². The minimum absolute atomic E-state index is 0.202. The Kier molecular flexibility index (Phi) is 5.90. The Morgan fingerprint density at radius 2 is 2.11 bits per heavy atom. The van der Waals surface area contributed by atoms with Crippen LogP contribution >= 0.6 is 34.5 Å². The van der Waals surface area contributed by atoms with E-state index in [-0.39, 0.29) is 11.3 Å². The van der Waals surface area contributed by atoms with Gasteiger partial charge in [-0.05, 0) is 30.3 Å². The molecule has 0 saturated heterocycles. The molecular formula is C18H9Cl2FN4O2S. The van der Waals surface area contributed by atoms with Crippen LogP contribution in [0.3, 0.4) is 0 Å². The van der Waals surface area contributed by atoms with Gasteiger partial charge in [0.25, 0.3) is 0 Å². The van der Waals surface area contributed by atoms with Crippen LogP contribution in [0.4, 0.5) is 15.8 Å². The molecule has 3 aromatic rings. The van der Waals surface area contributed by atoms with E-state index in [9.17, 15) is 19.8 Å². The van der Waals surface area contributed by atoms with Crippen LogP contribution < -0.4 is 5.32 Å². The van der Waals surface area contributed by atoms with Crippen LogP contribution in [0.2, 0.25) is 10.0 Å².